The molecule has 29 heavy (non-hydrogen) atoms. The van der Waals surface area contributed by atoms with Crippen molar-refractivity contribution in [3.63, 3.8) is 0 Å². The second kappa shape index (κ2) is 7.66. The first kappa shape index (κ1) is 19.9. The van der Waals surface area contributed by atoms with E-state index in [9.17, 15) is 30.1 Å². The Morgan fingerprint density at radius 2 is 1.83 bits per heavy atom. The standard InChI is InChI=1S/C19H18N4O6/c1-12-15(9-10-19(12,18(24)25)13-5-3-2-4-6-13)20-21-16-8-7-14(22(26)27)11-17(16)23(28)29/h2-8,11-12,21H,9-10H2,1H3,(H,24,25)/p-1/b20-15+/t12-,19+/m0/s1. The summed E-state index contributed by atoms with van der Waals surface area (Å²) in [7, 11) is 0. The molecule has 150 valence electrons. The van der Waals surface area contributed by atoms with Crippen LogP contribution < -0.4 is 10.5 Å². The second-order valence-electron chi connectivity index (χ2n) is 6.78. The number of benzene rings is 2. The summed E-state index contributed by atoms with van der Waals surface area (Å²) in [5.74, 6) is -1.72. The van der Waals surface area contributed by atoms with Gasteiger partial charge in [-0.05, 0) is 24.5 Å². The Kier molecular flexibility index (Phi) is 5.26. The summed E-state index contributed by atoms with van der Waals surface area (Å²) in [6.07, 6.45) is 0.640. The van der Waals surface area contributed by atoms with Gasteiger partial charge in [0, 0.05) is 23.1 Å². The average Bonchev–Trinajstić information content (AvgIpc) is 3.04. The molecule has 3 rings (SSSR count). The zero-order valence-corrected chi connectivity index (χ0v) is 15.4. The minimum absolute atomic E-state index is 0.0223. The zero-order chi connectivity index (χ0) is 21.2. The molecule has 0 spiro atoms. The predicted molar refractivity (Wildman–Crippen MR) is 102 cm³/mol. The van der Waals surface area contributed by atoms with Crippen LogP contribution in [0.5, 0.6) is 0 Å². The van der Waals surface area contributed by atoms with Gasteiger partial charge in [0.05, 0.1) is 21.9 Å². The molecule has 0 radical (unpaired) electrons. The fourth-order valence-corrected chi connectivity index (χ4v) is 3.73. The molecule has 0 unspecified atom stereocenters. The number of nitro benzene ring substituents is 2. The minimum atomic E-state index is -1.25. The Morgan fingerprint density at radius 1 is 1.14 bits per heavy atom. The van der Waals surface area contributed by atoms with Gasteiger partial charge < -0.3 is 9.90 Å². The summed E-state index contributed by atoms with van der Waals surface area (Å²) in [4.78, 5) is 32.7. The number of hydrogen-bond donors (Lipinski definition) is 1. The lowest BCUT2D eigenvalue weighted by Gasteiger charge is -2.35. The van der Waals surface area contributed by atoms with E-state index in [2.05, 4.69) is 10.5 Å². The highest BCUT2D eigenvalue weighted by molar-refractivity contribution is 5.98. The van der Waals surface area contributed by atoms with Crippen molar-refractivity contribution in [2.75, 3.05) is 5.43 Å². The van der Waals surface area contributed by atoms with Crippen LogP contribution in [0.4, 0.5) is 17.1 Å². The van der Waals surface area contributed by atoms with Gasteiger partial charge in [-0.1, -0.05) is 37.3 Å². The van der Waals surface area contributed by atoms with Gasteiger partial charge in [-0.3, -0.25) is 25.7 Å². The van der Waals surface area contributed by atoms with E-state index in [0.29, 0.717) is 17.7 Å². The van der Waals surface area contributed by atoms with Crippen molar-refractivity contribution in [1.82, 2.24) is 0 Å². The molecule has 0 bridgehead atoms. The Labute approximate surface area is 165 Å². The molecule has 1 N–H and O–H groups in total. The maximum absolute atomic E-state index is 12.1. The van der Waals surface area contributed by atoms with Gasteiger partial charge >= 0.3 is 5.69 Å². The van der Waals surface area contributed by atoms with Crippen LogP contribution in [0.15, 0.2) is 53.6 Å². The summed E-state index contributed by atoms with van der Waals surface area (Å²) in [6, 6.07) is 11.9. The van der Waals surface area contributed by atoms with Crippen molar-refractivity contribution in [2.24, 2.45) is 11.0 Å². The largest absolute Gasteiger partial charge is 0.549 e. The van der Waals surface area contributed by atoms with E-state index in [0.717, 1.165) is 12.1 Å². The summed E-state index contributed by atoms with van der Waals surface area (Å²) in [6.45, 7) is 1.72. The van der Waals surface area contributed by atoms with Gasteiger partial charge in [0.1, 0.15) is 5.69 Å². The molecular weight excluding hydrogens is 380 g/mol. The summed E-state index contributed by atoms with van der Waals surface area (Å²) in [5.41, 5.74) is 1.52. The molecule has 0 saturated heterocycles. The lowest BCUT2D eigenvalue weighted by atomic mass is 9.73. The SMILES string of the molecule is C[C@H]1/C(=N/Nc2ccc([N+](=O)[O-])cc2[N+](=O)[O-])CC[C@]1(C(=O)[O-])c1ccccc1. The van der Waals surface area contributed by atoms with E-state index in [1.807, 2.05) is 0 Å². The van der Waals surface area contributed by atoms with Gasteiger partial charge in [-0.2, -0.15) is 5.10 Å². The summed E-state index contributed by atoms with van der Waals surface area (Å²) < 4.78 is 0. The van der Waals surface area contributed by atoms with Crippen molar-refractivity contribution < 1.29 is 19.7 Å². The number of rotatable bonds is 6. The van der Waals surface area contributed by atoms with Crippen LogP contribution in [0.3, 0.4) is 0 Å². The monoisotopic (exact) mass is 397 g/mol. The third-order valence-corrected chi connectivity index (χ3v) is 5.38. The number of nitrogens with one attached hydrogen (secondary N) is 1. The van der Waals surface area contributed by atoms with Crippen molar-refractivity contribution in [1.29, 1.82) is 0 Å². The highest BCUT2D eigenvalue weighted by Gasteiger charge is 2.46. The van der Waals surface area contributed by atoms with Crippen LogP contribution in [0.2, 0.25) is 0 Å². The molecule has 2 aromatic carbocycles. The number of carbonyl (C=O) groups excluding carboxylic acids is 1. The number of hydrogen-bond acceptors (Lipinski definition) is 8. The van der Waals surface area contributed by atoms with E-state index < -0.39 is 38.5 Å². The molecule has 10 nitrogen and oxygen atoms in total. The fourth-order valence-electron chi connectivity index (χ4n) is 3.73. The third kappa shape index (κ3) is 3.51. The van der Waals surface area contributed by atoms with E-state index in [4.69, 9.17) is 0 Å². The Bertz CT molecular complexity index is 1010. The van der Waals surface area contributed by atoms with Gasteiger partial charge in [-0.15, -0.1) is 0 Å². The van der Waals surface area contributed by atoms with E-state index in [1.165, 1.54) is 6.07 Å². The normalized spacial score (nSPS) is 22.4. The van der Waals surface area contributed by atoms with Crippen LogP contribution in [-0.2, 0) is 10.2 Å². The molecule has 1 saturated carbocycles. The first-order chi connectivity index (χ1) is 13.8. The molecule has 1 aliphatic carbocycles. The van der Waals surface area contributed by atoms with E-state index in [1.54, 1.807) is 37.3 Å². The molecule has 1 fully saturated rings. The molecule has 2 atom stereocenters. The Balaban J connectivity index is 1.92. The Hall–Kier alpha value is -3.82. The number of hydrazone groups is 1. The number of anilines is 1. The van der Waals surface area contributed by atoms with Gasteiger partial charge in [0.25, 0.3) is 5.69 Å². The first-order valence-electron chi connectivity index (χ1n) is 8.79. The molecule has 10 heteroatoms. The van der Waals surface area contributed by atoms with E-state index in [-0.39, 0.29) is 12.1 Å². The minimum Gasteiger partial charge on any atom is -0.549 e. The molecule has 2 aromatic rings. The van der Waals surface area contributed by atoms with Crippen LogP contribution >= 0.6 is 0 Å². The van der Waals surface area contributed by atoms with Crippen LogP contribution in [0.25, 0.3) is 0 Å². The number of carboxylic acids is 1. The maximum atomic E-state index is 12.1. The first-order valence-corrected chi connectivity index (χ1v) is 8.79. The van der Waals surface area contributed by atoms with Crippen molar-refractivity contribution >= 4 is 28.7 Å². The lowest BCUT2D eigenvalue weighted by Crippen LogP contribution is -2.48. The molecule has 0 heterocycles. The molecule has 0 aromatic heterocycles. The topological polar surface area (TPSA) is 151 Å². The quantitative estimate of drug-likeness (QED) is 0.580. The average molecular weight is 397 g/mol. The van der Waals surface area contributed by atoms with Crippen LogP contribution in [0.1, 0.15) is 25.3 Å². The fraction of sp³-hybridized carbons (Fsp3) is 0.263. The Morgan fingerprint density at radius 3 is 2.41 bits per heavy atom. The van der Waals surface area contributed by atoms with Crippen molar-refractivity contribution in [3.05, 3.63) is 74.3 Å². The number of nitro groups is 2. The summed E-state index contributed by atoms with van der Waals surface area (Å²) in [5, 5.41) is 38.3. The zero-order valence-electron chi connectivity index (χ0n) is 15.4. The number of nitrogens with zero attached hydrogens (tertiary/aromatic N) is 3. The highest BCUT2D eigenvalue weighted by Crippen LogP contribution is 2.44. The number of non-ortho nitro benzene ring substituents is 1. The smallest absolute Gasteiger partial charge is 0.301 e. The predicted octanol–water partition coefficient (Wildman–Crippen LogP) is 2.39. The van der Waals surface area contributed by atoms with Crippen LogP contribution in [0, 0.1) is 26.1 Å². The van der Waals surface area contributed by atoms with Crippen molar-refractivity contribution in [2.45, 2.75) is 25.2 Å². The molecule has 0 amide bonds. The van der Waals surface area contributed by atoms with Gasteiger partial charge in [-0.25, -0.2) is 0 Å². The lowest BCUT2D eigenvalue weighted by molar-refractivity contribution is -0.393. The van der Waals surface area contributed by atoms with Gasteiger partial charge in [0.15, 0.2) is 0 Å². The molecule has 0 aliphatic heterocycles. The van der Waals surface area contributed by atoms with Crippen molar-refractivity contribution in [3.8, 4) is 0 Å². The highest BCUT2D eigenvalue weighted by atomic mass is 16.6. The second-order valence-corrected chi connectivity index (χ2v) is 6.78. The van der Waals surface area contributed by atoms with E-state index >= 15 is 0 Å². The van der Waals surface area contributed by atoms with Gasteiger partial charge in [0.2, 0.25) is 0 Å². The van der Waals surface area contributed by atoms with Crippen LogP contribution in [-0.4, -0.2) is 21.5 Å². The number of carboxylic acid groups (broad SMARTS) is 1. The molecule has 1 aliphatic rings. The summed E-state index contributed by atoms with van der Waals surface area (Å²) >= 11 is 0. The molecular formula is C19H17N4O6-. The maximum Gasteiger partial charge on any atom is 0.301 e. The third-order valence-electron chi connectivity index (χ3n) is 5.38. The number of carbonyl (C=O) groups is 1. The number of aliphatic carboxylic acids is 1.